The second-order valence-electron chi connectivity index (χ2n) is 6.32. The number of non-ortho nitro benzene ring substituents is 3. The number of benzene rings is 3. The van der Waals surface area contributed by atoms with E-state index in [1.165, 1.54) is 12.1 Å². The maximum Gasteiger partial charge on any atom is 0.271 e. The molecule has 0 aromatic heterocycles. The molecule has 0 spiro atoms. The van der Waals surface area contributed by atoms with Gasteiger partial charge >= 0.3 is 0 Å². The summed E-state index contributed by atoms with van der Waals surface area (Å²) in [5, 5.41) is 33.7. The molecule has 0 N–H and O–H groups in total. The van der Waals surface area contributed by atoms with Crippen molar-refractivity contribution < 1.29 is 24.4 Å². The molecular formula is C18H8N4O8. The molecule has 1 aliphatic rings. The Morgan fingerprint density at radius 2 is 1.17 bits per heavy atom. The molecule has 2 amide bonds. The molecule has 3 aromatic rings. The van der Waals surface area contributed by atoms with Crippen LogP contribution in [0.25, 0.3) is 10.8 Å². The average molecular weight is 408 g/mol. The van der Waals surface area contributed by atoms with E-state index < -0.39 is 38.0 Å². The molecule has 1 heterocycles. The summed E-state index contributed by atoms with van der Waals surface area (Å²) in [6.07, 6.45) is 0. The third-order valence-corrected chi connectivity index (χ3v) is 4.61. The average Bonchev–Trinajstić information content (AvgIpc) is 2.71. The molecule has 4 rings (SSSR count). The third-order valence-electron chi connectivity index (χ3n) is 4.61. The van der Waals surface area contributed by atoms with Crippen molar-refractivity contribution in [3.8, 4) is 0 Å². The lowest BCUT2D eigenvalue weighted by atomic mass is 9.92. The largest absolute Gasteiger partial charge is 0.271 e. The molecule has 0 saturated carbocycles. The molecule has 0 atom stereocenters. The molecule has 3 aromatic carbocycles. The Labute approximate surface area is 165 Å². The molecule has 12 heteroatoms. The predicted molar refractivity (Wildman–Crippen MR) is 101 cm³/mol. The Morgan fingerprint density at radius 1 is 0.667 bits per heavy atom. The zero-order valence-corrected chi connectivity index (χ0v) is 14.7. The Morgan fingerprint density at radius 3 is 1.63 bits per heavy atom. The summed E-state index contributed by atoms with van der Waals surface area (Å²) < 4.78 is 0. The number of nitrogens with zero attached hydrogens (tertiary/aromatic N) is 4. The first kappa shape index (κ1) is 18.6. The number of anilines is 1. The number of hydrogen-bond acceptors (Lipinski definition) is 8. The Bertz CT molecular complexity index is 1260. The van der Waals surface area contributed by atoms with Crippen LogP contribution in [0.1, 0.15) is 20.7 Å². The topological polar surface area (TPSA) is 167 Å². The molecule has 1 aliphatic heterocycles. The minimum Gasteiger partial charge on any atom is -0.268 e. The minimum absolute atomic E-state index is 0.0104. The lowest BCUT2D eigenvalue weighted by Crippen LogP contribution is -2.40. The highest BCUT2D eigenvalue weighted by Gasteiger charge is 2.37. The number of nitro benzene ring substituents is 3. The van der Waals surface area contributed by atoms with Gasteiger partial charge in [-0.25, -0.2) is 4.90 Å². The normalized spacial score (nSPS) is 12.9. The summed E-state index contributed by atoms with van der Waals surface area (Å²) in [6, 6.07) is 8.71. The SMILES string of the molecule is O=C1c2cc([N+](=O)[O-])cc3cc([N+](=O)[O-])cc(c23)C(=O)N1c1cccc([N+](=O)[O-])c1. The number of nitro groups is 3. The molecule has 0 bridgehead atoms. The first-order chi connectivity index (χ1) is 14.2. The van der Waals surface area contributed by atoms with Crippen molar-refractivity contribution in [2.75, 3.05) is 4.90 Å². The van der Waals surface area contributed by atoms with Crippen molar-refractivity contribution in [2.24, 2.45) is 0 Å². The molecule has 0 unspecified atom stereocenters. The Balaban J connectivity index is 2.03. The number of imide groups is 1. The summed E-state index contributed by atoms with van der Waals surface area (Å²) in [7, 11) is 0. The highest BCUT2D eigenvalue weighted by molar-refractivity contribution is 6.36. The van der Waals surface area contributed by atoms with E-state index in [0.717, 1.165) is 36.4 Å². The van der Waals surface area contributed by atoms with E-state index in [9.17, 15) is 39.9 Å². The van der Waals surface area contributed by atoms with Crippen LogP contribution in [0.15, 0.2) is 48.5 Å². The molecule has 148 valence electrons. The van der Waals surface area contributed by atoms with E-state index in [1.54, 1.807) is 0 Å². The van der Waals surface area contributed by atoms with E-state index >= 15 is 0 Å². The number of rotatable bonds is 4. The smallest absolute Gasteiger partial charge is 0.268 e. The molecule has 30 heavy (non-hydrogen) atoms. The third kappa shape index (κ3) is 2.71. The van der Waals surface area contributed by atoms with Gasteiger partial charge in [-0.2, -0.15) is 0 Å². The first-order valence-electron chi connectivity index (χ1n) is 8.23. The Hall–Kier alpha value is -4.74. The maximum atomic E-state index is 13.1. The van der Waals surface area contributed by atoms with Gasteiger partial charge in [0, 0.05) is 41.8 Å². The van der Waals surface area contributed by atoms with Crippen LogP contribution < -0.4 is 4.90 Å². The number of carbonyl (C=O) groups excluding carboxylic acids is 2. The predicted octanol–water partition coefficient (Wildman–Crippen LogP) is 3.37. The zero-order chi connectivity index (χ0) is 21.7. The van der Waals surface area contributed by atoms with Gasteiger partial charge in [0.05, 0.1) is 31.6 Å². The Kier molecular flexibility index (Phi) is 3.98. The van der Waals surface area contributed by atoms with E-state index in [2.05, 4.69) is 0 Å². The molecule has 0 saturated heterocycles. The van der Waals surface area contributed by atoms with Gasteiger partial charge in [0.1, 0.15) is 0 Å². The van der Waals surface area contributed by atoms with Crippen LogP contribution >= 0.6 is 0 Å². The van der Waals surface area contributed by atoms with Gasteiger partial charge in [-0.3, -0.25) is 39.9 Å². The quantitative estimate of drug-likeness (QED) is 0.360. The van der Waals surface area contributed by atoms with Gasteiger partial charge in [0.15, 0.2) is 0 Å². The lowest BCUT2D eigenvalue weighted by Gasteiger charge is -2.26. The van der Waals surface area contributed by atoms with Crippen LogP contribution in [0.5, 0.6) is 0 Å². The van der Waals surface area contributed by atoms with Crippen LogP contribution in [-0.2, 0) is 0 Å². The van der Waals surface area contributed by atoms with Gasteiger partial charge in [-0.15, -0.1) is 0 Å². The van der Waals surface area contributed by atoms with Crippen molar-refractivity contribution in [3.05, 3.63) is 90.0 Å². The molecule has 12 nitrogen and oxygen atoms in total. The monoisotopic (exact) mass is 408 g/mol. The van der Waals surface area contributed by atoms with E-state index in [-0.39, 0.29) is 33.3 Å². The van der Waals surface area contributed by atoms with Crippen LogP contribution in [-0.4, -0.2) is 26.6 Å². The zero-order valence-electron chi connectivity index (χ0n) is 14.7. The van der Waals surface area contributed by atoms with Gasteiger partial charge in [-0.05, 0) is 11.5 Å². The van der Waals surface area contributed by atoms with Crippen molar-refractivity contribution in [2.45, 2.75) is 0 Å². The summed E-state index contributed by atoms with van der Waals surface area (Å²) >= 11 is 0. The van der Waals surface area contributed by atoms with E-state index in [4.69, 9.17) is 0 Å². The summed E-state index contributed by atoms with van der Waals surface area (Å²) in [6.45, 7) is 0. The van der Waals surface area contributed by atoms with Gasteiger partial charge in [0.25, 0.3) is 28.9 Å². The molecule has 0 aliphatic carbocycles. The maximum absolute atomic E-state index is 13.1. The summed E-state index contributed by atoms with van der Waals surface area (Å²) in [4.78, 5) is 58.1. The van der Waals surface area contributed by atoms with E-state index in [0.29, 0.717) is 4.90 Å². The van der Waals surface area contributed by atoms with Crippen LogP contribution in [0.3, 0.4) is 0 Å². The van der Waals surface area contributed by atoms with Crippen LogP contribution in [0.4, 0.5) is 22.7 Å². The minimum atomic E-state index is -0.935. The number of amides is 2. The lowest BCUT2D eigenvalue weighted by molar-refractivity contribution is -0.385. The number of carbonyl (C=O) groups is 2. The molecule has 0 fully saturated rings. The second kappa shape index (κ2) is 6.41. The fourth-order valence-corrected chi connectivity index (χ4v) is 3.35. The number of hydrogen-bond donors (Lipinski definition) is 0. The van der Waals surface area contributed by atoms with Crippen molar-refractivity contribution >= 4 is 45.3 Å². The van der Waals surface area contributed by atoms with Crippen molar-refractivity contribution in [3.63, 3.8) is 0 Å². The van der Waals surface area contributed by atoms with Gasteiger partial charge < -0.3 is 0 Å². The summed E-state index contributed by atoms with van der Waals surface area (Å²) in [5.74, 6) is -1.87. The van der Waals surface area contributed by atoms with Crippen molar-refractivity contribution in [1.82, 2.24) is 0 Å². The van der Waals surface area contributed by atoms with Gasteiger partial charge in [-0.1, -0.05) is 6.07 Å². The highest BCUT2D eigenvalue weighted by Crippen LogP contribution is 2.38. The standard InChI is InChI=1S/C18H8N4O8/c23-17-14-7-12(21(27)28)4-9-5-13(22(29)30)8-15(16(9)14)18(24)19(17)10-2-1-3-11(6-10)20(25)26/h1-8H. The van der Waals surface area contributed by atoms with Crippen LogP contribution in [0.2, 0.25) is 0 Å². The second-order valence-corrected chi connectivity index (χ2v) is 6.32. The molecule has 0 radical (unpaired) electrons. The van der Waals surface area contributed by atoms with Crippen molar-refractivity contribution in [1.29, 1.82) is 0 Å². The molecular weight excluding hydrogens is 400 g/mol. The van der Waals surface area contributed by atoms with E-state index in [1.807, 2.05) is 0 Å². The van der Waals surface area contributed by atoms with Crippen LogP contribution in [0, 0.1) is 30.3 Å². The highest BCUT2D eigenvalue weighted by atomic mass is 16.6. The fourth-order valence-electron chi connectivity index (χ4n) is 3.35. The first-order valence-corrected chi connectivity index (χ1v) is 8.23. The van der Waals surface area contributed by atoms with Gasteiger partial charge in [0.2, 0.25) is 0 Å². The fraction of sp³-hybridized carbons (Fsp3) is 0. The summed E-state index contributed by atoms with van der Waals surface area (Å²) in [5.41, 5.74) is -1.94.